The second-order valence-electron chi connectivity index (χ2n) is 3.16. The van der Waals surface area contributed by atoms with Crippen molar-refractivity contribution in [3.63, 3.8) is 0 Å². The van der Waals surface area contributed by atoms with Crippen LogP contribution in [0.5, 0.6) is 5.75 Å². The molecule has 16 heavy (non-hydrogen) atoms. The Morgan fingerprint density at radius 2 is 1.88 bits per heavy atom. The molecule has 0 fully saturated rings. The predicted octanol–water partition coefficient (Wildman–Crippen LogP) is 2.23. The molecule has 0 unspecified atom stereocenters. The largest absolute Gasteiger partial charge is 0.507 e. The van der Waals surface area contributed by atoms with Crippen LogP contribution in [0.3, 0.4) is 0 Å². The Morgan fingerprint density at radius 3 is 2.62 bits per heavy atom. The third-order valence-electron chi connectivity index (χ3n) is 2.01. The molecule has 1 aromatic carbocycles. The fourth-order valence-electron chi connectivity index (χ4n) is 1.20. The minimum absolute atomic E-state index is 0.211. The molecule has 80 valence electrons. The summed E-state index contributed by atoms with van der Waals surface area (Å²) in [6, 6.07) is 10.6. The average Bonchev–Trinajstić information content (AvgIpc) is 2.33. The highest BCUT2D eigenvalue weighted by Crippen LogP contribution is 2.12. The van der Waals surface area contributed by atoms with E-state index in [4.69, 9.17) is 0 Å². The minimum Gasteiger partial charge on any atom is -0.507 e. The zero-order valence-electron chi connectivity index (χ0n) is 8.54. The van der Waals surface area contributed by atoms with Gasteiger partial charge in [0.2, 0.25) is 0 Å². The highest BCUT2D eigenvalue weighted by molar-refractivity contribution is 5.83. The quantitative estimate of drug-likeness (QED) is 0.607. The normalized spacial score (nSPS) is 10.5. The molecule has 0 saturated carbocycles. The molecule has 0 aliphatic carbocycles. The maximum absolute atomic E-state index is 9.48. The summed E-state index contributed by atoms with van der Waals surface area (Å²) in [5, 5.41) is 13.5. The van der Waals surface area contributed by atoms with Gasteiger partial charge in [-0.1, -0.05) is 12.1 Å². The first-order valence-electron chi connectivity index (χ1n) is 4.83. The number of benzene rings is 1. The summed E-state index contributed by atoms with van der Waals surface area (Å²) >= 11 is 0. The number of hydrogen-bond donors (Lipinski definition) is 2. The molecule has 0 bridgehead atoms. The van der Waals surface area contributed by atoms with Crippen molar-refractivity contribution in [2.75, 3.05) is 5.43 Å². The summed E-state index contributed by atoms with van der Waals surface area (Å²) in [6.45, 7) is 0. The lowest BCUT2D eigenvalue weighted by molar-refractivity contribution is 0.474. The van der Waals surface area contributed by atoms with E-state index >= 15 is 0 Å². The van der Waals surface area contributed by atoms with Crippen molar-refractivity contribution in [2.24, 2.45) is 5.10 Å². The summed E-state index contributed by atoms with van der Waals surface area (Å²) in [4.78, 5) is 3.89. The maximum atomic E-state index is 9.48. The maximum Gasteiger partial charge on any atom is 0.124 e. The molecule has 0 amide bonds. The Balaban J connectivity index is 2.03. The van der Waals surface area contributed by atoms with E-state index in [1.807, 2.05) is 18.2 Å². The molecule has 0 atom stereocenters. The molecule has 1 aromatic heterocycles. The van der Waals surface area contributed by atoms with Crippen LogP contribution in [0.25, 0.3) is 0 Å². The lowest BCUT2D eigenvalue weighted by atomic mass is 10.2. The summed E-state index contributed by atoms with van der Waals surface area (Å²) < 4.78 is 0. The van der Waals surface area contributed by atoms with Crippen LogP contribution in [0.2, 0.25) is 0 Å². The highest BCUT2D eigenvalue weighted by Gasteiger charge is 1.94. The first-order chi connectivity index (χ1) is 7.86. The summed E-state index contributed by atoms with van der Waals surface area (Å²) in [7, 11) is 0. The van der Waals surface area contributed by atoms with Gasteiger partial charge in [-0.05, 0) is 24.3 Å². The van der Waals surface area contributed by atoms with Crippen LogP contribution < -0.4 is 5.43 Å². The van der Waals surface area contributed by atoms with Crippen LogP contribution in [0.15, 0.2) is 53.9 Å². The third-order valence-corrected chi connectivity index (χ3v) is 2.01. The number of anilines is 1. The summed E-state index contributed by atoms with van der Waals surface area (Å²) in [5.74, 6) is 0.211. The van der Waals surface area contributed by atoms with E-state index in [0.717, 1.165) is 5.69 Å². The van der Waals surface area contributed by atoms with Gasteiger partial charge in [-0.25, -0.2) is 0 Å². The van der Waals surface area contributed by atoms with Crippen molar-refractivity contribution in [3.05, 3.63) is 54.4 Å². The van der Waals surface area contributed by atoms with Crippen molar-refractivity contribution in [1.29, 1.82) is 0 Å². The molecule has 0 spiro atoms. The lowest BCUT2D eigenvalue weighted by Crippen LogP contribution is -1.90. The molecular weight excluding hydrogens is 202 g/mol. The minimum atomic E-state index is 0.211. The number of aromatic hydroxyl groups is 1. The van der Waals surface area contributed by atoms with Crippen LogP contribution in [-0.4, -0.2) is 16.3 Å². The molecule has 0 saturated heterocycles. The van der Waals surface area contributed by atoms with Crippen molar-refractivity contribution < 1.29 is 5.11 Å². The second kappa shape index (κ2) is 4.93. The topological polar surface area (TPSA) is 57.5 Å². The molecule has 2 rings (SSSR count). The number of rotatable bonds is 3. The molecule has 1 heterocycles. The van der Waals surface area contributed by atoms with E-state index < -0.39 is 0 Å². The number of hydrogen-bond acceptors (Lipinski definition) is 4. The smallest absolute Gasteiger partial charge is 0.124 e. The van der Waals surface area contributed by atoms with Gasteiger partial charge in [0.15, 0.2) is 0 Å². The van der Waals surface area contributed by atoms with Crippen LogP contribution >= 0.6 is 0 Å². The van der Waals surface area contributed by atoms with Crippen molar-refractivity contribution >= 4 is 11.9 Å². The number of nitrogens with one attached hydrogen (secondary N) is 1. The standard InChI is InChI=1S/C12H11N3O/c16-12-4-2-1-3-10(12)9-14-15-11-5-7-13-8-6-11/h1-9,16H,(H,13,15). The van der Waals surface area contributed by atoms with E-state index in [1.165, 1.54) is 0 Å². The van der Waals surface area contributed by atoms with Gasteiger partial charge in [0.1, 0.15) is 5.75 Å². The van der Waals surface area contributed by atoms with Gasteiger partial charge in [-0.2, -0.15) is 5.10 Å². The van der Waals surface area contributed by atoms with Gasteiger partial charge in [0, 0.05) is 18.0 Å². The molecule has 4 nitrogen and oxygen atoms in total. The molecule has 2 N–H and O–H groups in total. The summed E-state index contributed by atoms with van der Waals surface area (Å²) in [6.07, 6.45) is 4.92. The number of phenols is 1. The fourth-order valence-corrected chi connectivity index (χ4v) is 1.20. The van der Waals surface area contributed by atoms with Gasteiger partial charge in [-0.15, -0.1) is 0 Å². The van der Waals surface area contributed by atoms with Crippen LogP contribution in [0.4, 0.5) is 5.69 Å². The second-order valence-corrected chi connectivity index (χ2v) is 3.16. The molecule has 0 aliphatic heterocycles. The Kier molecular flexibility index (Phi) is 3.13. The first kappa shape index (κ1) is 10.2. The number of nitrogens with zero attached hydrogens (tertiary/aromatic N) is 2. The van der Waals surface area contributed by atoms with E-state index in [-0.39, 0.29) is 5.75 Å². The van der Waals surface area contributed by atoms with Gasteiger partial charge < -0.3 is 5.11 Å². The Labute approximate surface area is 93.3 Å². The fraction of sp³-hybridized carbons (Fsp3) is 0. The van der Waals surface area contributed by atoms with E-state index in [0.29, 0.717) is 5.56 Å². The van der Waals surface area contributed by atoms with E-state index in [2.05, 4.69) is 15.5 Å². The summed E-state index contributed by atoms with van der Waals surface area (Å²) in [5.41, 5.74) is 4.36. The first-order valence-corrected chi connectivity index (χ1v) is 4.83. The lowest BCUT2D eigenvalue weighted by Gasteiger charge is -1.99. The average molecular weight is 213 g/mol. The molecule has 0 radical (unpaired) electrons. The van der Waals surface area contributed by atoms with Crippen LogP contribution in [0, 0.1) is 0 Å². The predicted molar refractivity (Wildman–Crippen MR) is 63.6 cm³/mol. The number of para-hydroxylation sites is 1. The number of aromatic nitrogens is 1. The van der Waals surface area contributed by atoms with E-state index in [9.17, 15) is 5.11 Å². The van der Waals surface area contributed by atoms with Crippen LogP contribution in [-0.2, 0) is 0 Å². The molecular formula is C12H11N3O. The highest BCUT2D eigenvalue weighted by atomic mass is 16.3. The van der Waals surface area contributed by atoms with Gasteiger partial charge in [0.05, 0.1) is 11.9 Å². The zero-order chi connectivity index (χ0) is 11.2. The molecule has 0 aliphatic rings. The zero-order valence-corrected chi connectivity index (χ0v) is 8.54. The van der Waals surface area contributed by atoms with Crippen molar-refractivity contribution in [2.45, 2.75) is 0 Å². The van der Waals surface area contributed by atoms with Crippen LogP contribution in [0.1, 0.15) is 5.56 Å². The monoisotopic (exact) mass is 213 g/mol. The molecule has 4 heteroatoms. The van der Waals surface area contributed by atoms with E-state index in [1.54, 1.807) is 36.8 Å². The number of phenolic OH excluding ortho intramolecular Hbond substituents is 1. The van der Waals surface area contributed by atoms with Gasteiger partial charge in [-0.3, -0.25) is 10.4 Å². The van der Waals surface area contributed by atoms with Gasteiger partial charge in [0.25, 0.3) is 0 Å². The number of pyridine rings is 1. The molecule has 2 aromatic rings. The Bertz CT molecular complexity index is 483. The SMILES string of the molecule is Oc1ccccc1C=NNc1ccncc1. The van der Waals surface area contributed by atoms with Crippen molar-refractivity contribution in [1.82, 2.24) is 4.98 Å². The van der Waals surface area contributed by atoms with Crippen molar-refractivity contribution in [3.8, 4) is 5.75 Å². The number of hydrazone groups is 1. The third kappa shape index (κ3) is 2.57. The Hall–Kier alpha value is -2.36. The van der Waals surface area contributed by atoms with Gasteiger partial charge >= 0.3 is 0 Å². The Morgan fingerprint density at radius 1 is 1.12 bits per heavy atom.